The fraction of sp³-hybridized carbons (Fsp3) is 0.188. The monoisotopic (exact) mass is 398 g/mol. The zero-order chi connectivity index (χ0) is 19.3. The van der Waals surface area contributed by atoms with Gasteiger partial charge in [0.25, 0.3) is 5.69 Å². The molecule has 10 heteroatoms. The highest BCUT2D eigenvalue weighted by molar-refractivity contribution is 7.89. The summed E-state index contributed by atoms with van der Waals surface area (Å²) in [5, 5.41) is 11.1. The molecular weight excluding hydrogens is 384 g/mol. The fourth-order valence-electron chi connectivity index (χ4n) is 2.17. The van der Waals surface area contributed by atoms with Gasteiger partial charge in [-0.3, -0.25) is 14.9 Å². The number of nitrogens with one attached hydrogen (secondary N) is 1. The number of carbonyl (C=O) groups is 1. The van der Waals surface area contributed by atoms with E-state index in [9.17, 15) is 23.3 Å². The second-order valence-electron chi connectivity index (χ2n) is 5.26. The number of halogens is 1. The molecule has 0 radical (unpaired) electrons. The maximum Gasteiger partial charge on any atom is 0.307 e. The number of non-ortho nitro benzene ring substituents is 1. The topological polar surface area (TPSA) is 116 Å². The average Bonchev–Trinajstić information content (AvgIpc) is 2.61. The summed E-state index contributed by atoms with van der Waals surface area (Å²) in [5.74, 6) is -0.601. The molecule has 2 rings (SSSR count). The van der Waals surface area contributed by atoms with Crippen molar-refractivity contribution in [1.29, 1.82) is 0 Å². The van der Waals surface area contributed by atoms with Gasteiger partial charge in [-0.25, -0.2) is 13.1 Å². The third-order valence-corrected chi connectivity index (χ3v) is 5.27. The number of hydrogen-bond donors (Lipinski definition) is 1. The summed E-state index contributed by atoms with van der Waals surface area (Å²) in [6.07, 6.45) is -0.232. The normalized spacial score (nSPS) is 12.4. The van der Waals surface area contributed by atoms with Crippen LogP contribution in [-0.2, 0) is 19.6 Å². The van der Waals surface area contributed by atoms with E-state index in [2.05, 4.69) is 9.46 Å². The van der Waals surface area contributed by atoms with Gasteiger partial charge < -0.3 is 4.74 Å². The van der Waals surface area contributed by atoms with Crippen LogP contribution in [0.3, 0.4) is 0 Å². The van der Waals surface area contributed by atoms with E-state index in [1.54, 1.807) is 24.3 Å². The van der Waals surface area contributed by atoms with Gasteiger partial charge in [0.05, 0.1) is 29.4 Å². The maximum atomic E-state index is 12.6. The van der Waals surface area contributed by atoms with Crippen molar-refractivity contribution in [2.24, 2.45) is 0 Å². The van der Waals surface area contributed by atoms with Crippen LogP contribution in [-0.4, -0.2) is 26.4 Å². The van der Waals surface area contributed by atoms with Gasteiger partial charge in [-0.15, -0.1) is 0 Å². The van der Waals surface area contributed by atoms with E-state index in [4.69, 9.17) is 11.6 Å². The number of nitro benzene ring substituents is 1. The van der Waals surface area contributed by atoms with E-state index in [-0.39, 0.29) is 17.0 Å². The van der Waals surface area contributed by atoms with Gasteiger partial charge in [-0.05, 0) is 29.8 Å². The van der Waals surface area contributed by atoms with Crippen molar-refractivity contribution in [1.82, 2.24) is 4.72 Å². The van der Waals surface area contributed by atoms with Crippen LogP contribution < -0.4 is 4.72 Å². The predicted octanol–water partition coefficient (Wildman–Crippen LogP) is 2.83. The zero-order valence-corrected chi connectivity index (χ0v) is 15.2. The maximum absolute atomic E-state index is 12.6. The number of methoxy groups -OCH3 is 1. The Morgan fingerprint density at radius 2 is 1.77 bits per heavy atom. The number of benzene rings is 2. The lowest BCUT2D eigenvalue weighted by atomic mass is 10.1. The van der Waals surface area contributed by atoms with Gasteiger partial charge in [0.15, 0.2) is 0 Å². The molecule has 0 spiro atoms. The second-order valence-corrected chi connectivity index (χ2v) is 7.41. The molecule has 0 fully saturated rings. The standard InChI is InChI=1S/C16H15ClN2O6S/c1-25-16(20)10-15(11-2-4-12(17)5-3-11)18-26(23,24)14-8-6-13(7-9-14)19(21)22/h2-9,15,18H,10H2,1H3/t15-/m1/s1. The Kier molecular flexibility index (Phi) is 6.30. The molecule has 138 valence electrons. The van der Waals surface area contributed by atoms with Crippen LogP contribution in [0.1, 0.15) is 18.0 Å². The summed E-state index contributed by atoms with van der Waals surface area (Å²) in [5.41, 5.74) is 0.290. The van der Waals surface area contributed by atoms with Gasteiger partial charge >= 0.3 is 5.97 Å². The Labute approximate surface area is 154 Å². The molecule has 26 heavy (non-hydrogen) atoms. The highest BCUT2D eigenvalue weighted by Crippen LogP contribution is 2.23. The molecule has 0 aromatic heterocycles. The van der Waals surface area contributed by atoms with Crippen molar-refractivity contribution >= 4 is 33.3 Å². The first-order valence-electron chi connectivity index (χ1n) is 7.32. The van der Waals surface area contributed by atoms with Gasteiger partial charge in [0.2, 0.25) is 10.0 Å². The van der Waals surface area contributed by atoms with Gasteiger partial charge in [-0.2, -0.15) is 0 Å². The Bertz CT molecular complexity index is 897. The van der Waals surface area contributed by atoms with Crippen LogP contribution in [0.2, 0.25) is 5.02 Å². The molecular formula is C16H15ClN2O6S. The van der Waals surface area contributed by atoms with E-state index in [0.29, 0.717) is 10.6 Å². The van der Waals surface area contributed by atoms with E-state index in [1.165, 1.54) is 7.11 Å². The van der Waals surface area contributed by atoms with Crippen LogP contribution >= 0.6 is 11.6 Å². The predicted molar refractivity (Wildman–Crippen MR) is 94.2 cm³/mol. The SMILES string of the molecule is COC(=O)C[C@@H](NS(=O)(=O)c1ccc([N+](=O)[O-])cc1)c1ccc(Cl)cc1. The van der Waals surface area contributed by atoms with Crippen molar-refractivity contribution in [2.45, 2.75) is 17.4 Å². The van der Waals surface area contributed by atoms with Crippen LogP contribution in [0.4, 0.5) is 5.69 Å². The lowest BCUT2D eigenvalue weighted by Gasteiger charge is -2.18. The highest BCUT2D eigenvalue weighted by Gasteiger charge is 2.24. The number of rotatable bonds is 7. The van der Waals surface area contributed by atoms with E-state index in [0.717, 1.165) is 24.3 Å². The van der Waals surface area contributed by atoms with Crippen LogP contribution in [0.5, 0.6) is 0 Å². The lowest BCUT2D eigenvalue weighted by Crippen LogP contribution is -2.30. The Hall–Kier alpha value is -2.49. The molecule has 0 unspecified atom stereocenters. The number of sulfonamides is 1. The van der Waals surface area contributed by atoms with Gasteiger partial charge in [0, 0.05) is 17.2 Å². The van der Waals surface area contributed by atoms with Crippen molar-refractivity contribution in [3.05, 3.63) is 69.2 Å². The van der Waals surface area contributed by atoms with Gasteiger partial charge in [-0.1, -0.05) is 23.7 Å². The van der Waals surface area contributed by atoms with Crippen LogP contribution in [0.15, 0.2) is 53.4 Å². The number of hydrogen-bond acceptors (Lipinski definition) is 6. The largest absolute Gasteiger partial charge is 0.469 e. The molecule has 0 aliphatic rings. The Morgan fingerprint density at radius 1 is 1.19 bits per heavy atom. The van der Waals surface area contributed by atoms with Crippen molar-refractivity contribution < 1.29 is 22.9 Å². The molecule has 0 aliphatic carbocycles. The number of nitrogens with zero attached hydrogens (tertiary/aromatic N) is 1. The number of carbonyl (C=O) groups excluding carboxylic acids is 1. The first-order valence-corrected chi connectivity index (χ1v) is 9.18. The third kappa shape index (κ3) is 5.01. The molecule has 0 aliphatic heterocycles. The highest BCUT2D eigenvalue weighted by atomic mass is 35.5. The summed E-state index contributed by atoms with van der Waals surface area (Å²) in [7, 11) is -2.83. The average molecular weight is 399 g/mol. The van der Waals surface area contributed by atoms with E-state index < -0.39 is 27.0 Å². The summed E-state index contributed by atoms with van der Waals surface area (Å²) < 4.78 is 32.2. The summed E-state index contributed by atoms with van der Waals surface area (Å²) in [6, 6.07) is 9.86. The molecule has 0 saturated heterocycles. The first-order chi connectivity index (χ1) is 12.2. The molecule has 1 N–H and O–H groups in total. The molecule has 8 nitrogen and oxygen atoms in total. The molecule has 2 aromatic rings. The second kappa shape index (κ2) is 8.26. The lowest BCUT2D eigenvalue weighted by molar-refractivity contribution is -0.384. The minimum absolute atomic E-state index is 0.160. The zero-order valence-electron chi connectivity index (χ0n) is 13.6. The third-order valence-electron chi connectivity index (χ3n) is 3.53. The molecule has 0 heterocycles. The summed E-state index contributed by atoms with van der Waals surface area (Å²) >= 11 is 5.83. The van der Waals surface area contributed by atoms with Crippen molar-refractivity contribution in [3.8, 4) is 0 Å². The first kappa shape index (κ1) is 19.8. The molecule has 2 aromatic carbocycles. The molecule has 0 amide bonds. The quantitative estimate of drug-likeness (QED) is 0.435. The smallest absolute Gasteiger partial charge is 0.307 e. The number of nitro groups is 1. The molecule has 0 bridgehead atoms. The van der Waals surface area contributed by atoms with E-state index >= 15 is 0 Å². The fourth-order valence-corrected chi connectivity index (χ4v) is 3.53. The van der Waals surface area contributed by atoms with Crippen molar-refractivity contribution in [2.75, 3.05) is 7.11 Å². The van der Waals surface area contributed by atoms with Crippen LogP contribution in [0.25, 0.3) is 0 Å². The Morgan fingerprint density at radius 3 is 2.27 bits per heavy atom. The minimum atomic E-state index is -4.03. The summed E-state index contributed by atoms with van der Waals surface area (Å²) in [6.45, 7) is 0. The summed E-state index contributed by atoms with van der Waals surface area (Å²) in [4.78, 5) is 21.5. The molecule has 0 saturated carbocycles. The molecule has 1 atom stereocenters. The Balaban J connectivity index is 2.31. The van der Waals surface area contributed by atoms with Crippen molar-refractivity contribution in [3.63, 3.8) is 0 Å². The number of esters is 1. The minimum Gasteiger partial charge on any atom is -0.469 e. The van der Waals surface area contributed by atoms with E-state index in [1.807, 2.05) is 0 Å². The van der Waals surface area contributed by atoms with Crippen LogP contribution in [0, 0.1) is 10.1 Å². The van der Waals surface area contributed by atoms with Gasteiger partial charge in [0.1, 0.15) is 0 Å². The number of ether oxygens (including phenoxy) is 1.